The van der Waals surface area contributed by atoms with E-state index in [9.17, 15) is 9.90 Å². The van der Waals surface area contributed by atoms with Crippen LogP contribution in [-0.4, -0.2) is 14.9 Å². The Kier molecular flexibility index (Phi) is 4.37. The number of rotatable bonds is 4. The second kappa shape index (κ2) is 7.13. The van der Waals surface area contributed by atoms with E-state index in [1.54, 1.807) is 18.2 Å². The normalized spacial score (nSPS) is 11.1. The van der Waals surface area contributed by atoms with Crippen molar-refractivity contribution in [1.82, 2.24) is 9.78 Å². The number of nitrogens with one attached hydrogen (secondary N) is 1. The number of benzene rings is 3. The topological polar surface area (TPSA) is 82.7 Å². The first-order valence-electron chi connectivity index (χ1n) is 8.39. The number of H-pyrrole nitrogens is 1. The van der Waals surface area contributed by atoms with Crippen LogP contribution in [-0.2, 0) is 0 Å². The predicted molar refractivity (Wildman–Crippen MR) is 104 cm³/mol. The molecule has 6 nitrogen and oxygen atoms in total. The Balaban J connectivity index is 1.86. The molecule has 6 heteroatoms. The van der Waals surface area contributed by atoms with Crippen LogP contribution in [0.1, 0.15) is 0 Å². The molecule has 0 saturated carbocycles. The summed E-state index contributed by atoms with van der Waals surface area (Å²) >= 11 is 0. The third-order valence-corrected chi connectivity index (χ3v) is 4.04. The number of phenols is 1. The van der Waals surface area contributed by atoms with E-state index in [1.165, 1.54) is 10.7 Å². The quantitative estimate of drug-likeness (QED) is 0.507. The number of aromatic nitrogens is 2. The van der Waals surface area contributed by atoms with Gasteiger partial charge in [0.05, 0.1) is 17.1 Å². The fraction of sp³-hybridized carbons (Fsp3) is 0. The molecule has 0 aliphatic carbocycles. The Morgan fingerprint density at radius 2 is 1.52 bits per heavy atom. The van der Waals surface area contributed by atoms with E-state index in [1.807, 2.05) is 60.7 Å². The summed E-state index contributed by atoms with van der Waals surface area (Å²) in [5, 5.41) is 21.0. The summed E-state index contributed by atoms with van der Waals surface area (Å²) in [4.78, 5) is 13.0. The molecule has 0 bridgehead atoms. The van der Waals surface area contributed by atoms with Gasteiger partial charge in [-0.15, -0.1) is 5.11 Å². The zero-order chi connectivity index (χ0) is 18.6. The van der Waals surface area contributed by atoms with Gasteiger partial charge in [0.15, 0.2) is 5.69 Å². The Morgan fingerprint density at radius 1 is 0.815 bits per heavy atom. The molecule has 132 valence electrons. The highest BCUT2D eigenvalue weighted by molar-refractivity contribution is 5.71. The maximum Gasteiger partial charge on any atom is 0.299 e. The number of aromatic amines is 1. The third-order valence-electron chi connectivity index (χ3n) is 4.04. The van der Waals surface area contributed by atoms with E-state index < -0.39 is 0 Å². The number of aromatic hydroxyl groups is 1. The van der Waals surface area contributed by atoms with Crippen LogP contribution in [0, 0.1) is 0 Å². The number of azo groups is 1. The Morgan fingerprint density at radius 3 is 2.22 bits per heavy atom. The van der Waals surface area contributed by atoms with Gasteiger partial charge in [-0.25, -0.2) is 4.68 Å². The van der Waals surface area contributed by atoms with Gasteiger partial charge in [0.25, 0.3) is 5.56 Å². The standard InChI is InChI=1S/C21H16N4O2/c26-18-13-7-10-16(14-18)22-23-20-19(15-8-3-1-4-9-15)24-25(21(20)27)17-11-5-2-6-12-17/h1-14,24,26H. The van der Waals surface area contributed by atoms with Crippen LogP contribution >= 0.6 is 0 Å². The van der Waals surface area contributed by atoms with Crippen LogP contribution in [0.5, 0.6) is 5.75 Å². The molecule has 0 radical (unpaired) electrons. The zero-order valence-electron chi connectivity index (χ0n) is 14.3. The highest BCUT2D eigenvalue weighted by atomic mass is 16.3. The number of phenolic OH excluding ortho intramolecular Hbond substituents is 1. The lowest BCUT2D eigenvalue weighted by Crippen LogP contribution is -2.13. The molecule has 0 aliphatic rings. The van der Waals surface area contributed by atoms with Gasteiger partial charge in [0, 0.05) is 11.6 Å². The van der Waals surface area contributed by atoms with Gasteiger partial charge in [-0.3, -0.25) is 9.89 Å². The van der Waals surface area contributed by atoms with E-state index in [-0.39, 0.29) is 17.0 Å². The van der Waals surface area contributed by atoms with Crippen LogP contribution in [0.4, 0.5) is 11.4 Å². The van der Waals surface area contributed by atoms with Crippen LogP contribution in [0.3, 0.4) is 0 Å². The molecule has 1 heterocycles. The van der Waals surface area contributed by atoms with Gasteiger partial charge < -0.3 is 5.11 Å². The van der Waals surface area contributed by atoms with Gasteiger partial charge in [0.1, 0.15) is 5.75 Å². The summed E-state index contributed by atoms with van der Waals surface area (Å²) in [5.74, 6) is 0.0884. The van der Waals surface area contributed by atoms with Crippen LogP contribution in [0.2, 0.25) is 0 Å². The Bertz CT molecular complexity index is 1150. The van der Waals surface area contributed by atoms with Gasteiger partial charge >= 0.3 is 0 Å². The van der Waals surface area contributed by atoms with Gasteiger partial charge in [-0.05, 0) is 24.3 Å². The highest BCUT2D eigenvalue weighted by Crippen LogP contribution is 2.28. The number of hydrogen-bond acceptors (Lipinski definition) is 4. The summed E-state index contributed by atoms with van der Waals surface area (Å²) in [7, 11) is 0. The van der Waals surface area contributed by atoms with Gasteiger partial charge in [0.2, 0.25) is 0 Å². The monoisotopic (exact) mass is 356 g/mol. The summed E-state index contributed by atoms with van der Waals surface area (Å²) < 4.78 is 1.44. The van der Waals surface area contributed by atoms with Crippen LogP contribution in [0.25, 0.3) is 16.9 Å². The third kappa shape index (κ3) is 3.41. The zero-order valence-corrected chi connectivity index (χ0v) is 14.3. The SMILES string of the molecule is O=c1c(N=Nc2cccc(O)c2)c(-c2ccccc2)[nH]n1-c1ccccc1. The molecule has 0 amide bonds. The van der Waals surface area contributed by atoms with E-state index >= 15 is 0 Å². The first-order valence-corrected chi connectivity index (χ1v) is 8.39. The maximum absolute atomic E-state index is 13.0. The lowest BCUT2D eigenvalue weighted by molar-refractivity contribution is 0.475. The van der Waals surface area contributed by atoms with Gasteiger partial charge in [-0.1, -0.05) is 54.6 Å². The number of nitrogens with zero attached hydrogens (tertiary/aromatic N) is 3. The Hall–Kier alpha value is -3.93. The van der Waals surface area contributed by atoms with Crippen molar-refractivity contribution in [3.8, 4) is 22.7 Å². The highest BCUT2D eigenvalue weighted by Gasteiger charge is 2.16. The molecule has 3 aromatic carbocycles. The first-order chi connectivity index (χ1) is 13.2. The average molecular weight is 356 g/mol. The molecule has 2 N–H and O–H groups in total. The van der Waals surface area contributed by atoms with Crippen molar-refractivity contribution in [2.24, 2.45) is 10.2 Å². The summed E-state index contributed by atoms with van der Waals surface area (Å²) in [6.45, 7) is 0. The van der Waals surface area contributed by atoms with Crippen LogP contribution in [0.15, 0.2) is 100.0 Å². The fourth-order valence-electron chi connectivity index (χ4n) is 2.75. The molecule has 0 fully saturated rings. The molecule has 0 atom stereocenters. The summed E-state index contributed by atoms with van der Waals surface area (Å²) in [6.07, 6.45) is 0. The molecular weight excluding hydrogens is 340 g/mol. The van der Waals surface area contributed by atoms with Crippen molar-refractivity contribution in [2.75, 3.05) is 0 Å². The Labute approximate surface area is 155 Å². The molecular formula is C21H16N4O2. The van der Waals surface area contributed by atoms with E-state index in [4.69, 9.17) is 0 Å². The lowest BCUT2D eigenvalue weighted by Gasteiger charge is -2.01. The van der Waals surface area contributed by atoms with Crippen molar-refractivity contribution in [3.63, 3.8) is 0 Å². The van der Waals surface area contributed by atoms with Crippen molar-refractivity contribution >= 4 is 11.4 Å². The molecule has 0 unspecified atom stereocenters. The molecule has 4 aromatic rings. The minimum atomic E-state index is -0.302. The van der Waals surface area contributed by atoms with Crippen molar-refractivity contribution in [3.05, 3.63) is 95.3 Å². The average Bonchev–Trinajstić information content (AvgIpc) is 3.04. The largest absolute Gasteiger partial charge is 0.508 e. The maximum atomic E-state index is 13.0. The summed E-state index contributed by atoms with van der Waals surface area (Å²) in [6, 6.07) is 25.2. The summed E-state index contributed by atoms with van der Waals surface area (Å²) in [5.41, 5.74) is 2.47. The number of hydrogen-bond donors (Lipinski definition) is 2. The lowest BCUT2D eigenvalue weighted by atomic mass is 10.1. The molecule has 27 heavy (non-hydrogen) atoms. The molecule has 0 saturated heterocycles. The first kappa shape index (κ1) is 16.5. The van der Waals surface area contributed by atoms with E-state index in [0.29, 0.717) is 17.1 Å². The van der Waals surface area contributed by atoms with Crippen molar-refractivity contribution < 1.29 is 5.11 Å². The van der Waals surface area contributed by atoms with Crippen molar-refractivity contribution in [2.45, 2.75) is 0 Å². The number of para-hydroxylation sites is 1. The van der Waals surface area contributed by atoms with Crippen molar-refractivity contribution in [1.29, 1.82) is 0 Å². The fourth-order valence-corrected chi connectivity index (χ4v) is 2.75. The second-order valence-electron chi connectivity index (χ2n) is 5.90. The molecule has 1 aromatic heterocycles. The minimum Gasteiger partial charge on any atom is -0.508 e. The predicted octanol–water partition coefficient (Wildman–Crippen LogP) is 4.95. The second-order valence-corrected chi connectivity index (χ2v) is 5.90. The smallest absolute Gasteiger partial charge is 0.299 e. The minimum absolute atomic E-state index is 0.0884. The van der Waals surface area contributed by atoms with Gasteiger partial charge in [-0.2, -0.15) is 5.11 Å². The molecule has 0 spiro atoms. The van der Waals surface area contributed by atoms with E-state index in [2.05, 4.69) is 15.3 Å². The van der Waals surface area contributed by atoms with Crippen LogP contribution < -0.4 is 5.56 Å². The molecule has 0 aliphatic heterocycles. The molecule has 4 rings (SSSR count). The van der Waals surface area contributed by atoms with E-state index in [0.717, 1.165) is 5.56 Å².